The molecule has 6 heteroatoms. The number of hydrogen-bond donors (Lipinski definition) is 2. The molecule has 0 aliphatic heterocycles. The lowest BCUT2D eigenvalue weighted by molar-refractivity contribution is 0.210. The van der Waals surface area contributed by atoms with Gasteiger partial charge in [-0.05, 0) is 50.3 Å². The van der Waals surface area contributed by atoms with E-state index < -0.39 is 0 Å². The van der Waals surface area contributed by atoms with Gasteiger partial charge in [0, 0.05) is 31.5 Å². The van der Waals surface area contributed by atoms with E-state index in [4.69, 9.17) is 4.74 Å². The van der Waals surface area contributed by atoms with Crippen molar-refractivity contribution in [2.24, 2.45) is 0 Å². The summed E-state index contributed by atoms with van der Waals surface area (Å²) in [5.74, 6) is 0.911. The highest BCUT2D eigenvalue weighted by Gasteiger charge is 2.16. The molecule has 1 aliphatic carbocycles. The Morgan fingerprint density at radius 3 is 2.76 bits per heavy atom. The van der Waals surface area contributed by atoms with Crippen LogP contribution >= 0.6 is 0 Å². The van der Waals surface area contributed by atoms with Gasteiger partial charge in [-0.25, -0.2) is 9.78 Å². The minimum atomic E-state index is -0.168. The number of nitrogens with zero attached hydrogens (tertiary/aromatic N) is 2. The van der Waals surface area contributed by atoms with Crippen molar-refractivity contribution in [1.29, 1.82) is 0 Å². The van der Waals surface area contributed by atoms with Crippen molar-refractivity contribution in [1.82, 2.24) is 20.2 Å². The molecule has 0 unspecified atom stereocenters. The summed E-state index contributed by atoms with van der Waals surface area (Å²) in [5, 5.41) is 5.81. The van der Waals surface area contributed by atoms with E-state index in [1.54, 1.807) is 12.5 Å². The zero-order valence-electron chi connectivity index (χ0n) is 14.6. The summed E-state index contributed by atoms with van der Waals surface area (Å²) < 4.78 is 7.89. The third-order valence-electron chi connectivity index (χ3n) is 4.40. The van der Waals surface area contributed by atoms with E-state index in [1.165, 1.54) is 12.8 Å². The summed E-state index contributed by atoms with van der Waals surface area (Å²) in [6, 6.07) is 7.82. The Labute approximate surface area is 148 Å². The predicted octanol–water partition coefficient (Wildman–Crippen LogP) is 3.09. The number of benzene rings is 1. The van der Waals surface area contributed by atoms with Crippen LogP contribution in [0.1, 0.15) is 38.2 Å². The quantitative estimate of drug-likeness (QED) is 0.812. The molecule has 1 aromatic heterocycles. The minimum absolute atomic E-state index is 0.0244. The maximum Gasteiger partial charge on any atom is 0.315 e. The Bertz CT molecular complexity index is 649. The molecule has 1 aliphatic rings. The largest absolute Gasteiger partial charge is 0.490 e. The van der Waals surface area contributed by atoms with Crippen LogP contribution in [0.25, 0.3) is 0 Å². The molecule has 3 rings (SSSR count). The lowest BCUT2D eigenvalue weighted by Gasteiger charge is -2.15. The highest BCUT2D eigenvalue weighted by atomic mass is 16.5. The maximum absolute atomic E-state index is 12.0. The van der Waals surface area contributed by atoms with Crippen LogP contribution in [0.5, 0.6) is 5.75 Å². The van der Waals surface area contributed by atoms with Gasteiger partial charge in [0.1, 0.15) is 5.75 Å². The van der Waals surface area contributed by atoms with E-state index in [2.05, 4.69) is 15.6 Å². The average Bonchev–Trinajstić information content (AvgIpc) is 3.28. The third-order valence-corrected chi connectivity index (χ3v) is 4.40. The van der Waals surface area contributed by atoms with Crippen molar-refractivity contribution in [2.75, 3.05) is 0 Å². The molecule has 0 bridgehead atoms. The Hall–Kier alpha value is -2.50. The SMILES string of the molecule is C[C@@H](Cn1ccnc1)NC(=O)NCc1ccc(OC2CCCC2)cc1. The van der Waals surface area contributed by atoms with Crippen molar-refractivity contribution in [3.05, 3.63) is 48.5 Å². The molecule has 0 spiro atoms. The van der Waals surface area contributed by atoms with Crippen molar-refractivity contribution in [2.45, 2.75) is 57.8 Å². The fraction of sp³-hybridized carbons (Fsp3) is 0.474. The summed E-state index contributed by atoms with van der Waals surface area (Å²) in [5.41, 5.74) is 1.05. The van der Waals surface area contributed by atoms with Crippen LogP contribution in [-0.4, -0.2) is 27.7 Å². The number of ether oxygens (including phenoxy) is 1. The topological polar surface area (TPSA) is 68.2 Å². The number of rotatable bonds is 7. The highest BCUT2D eigenvalue weighted by molar-refractivity contribution is 5.74. The number of nitrogens with one attached hydrogen (secondary N) is 2. The van der Waals surface area contributed by atoms with Gasteiger partial charge in [-0.1, -0.05) is 12.1 Å². The van der Waals surface area contributed by atoms with Crippen molar-refractivity contribution < 1.29 is 9.53 Å². The predicted molar refractivity (Wildman–Crippen MR) is 96.4 cm³/mol. The molecule has 0 radical (unpaired) electrons. The normalized spacial score (nSPS) is 15.7. The number of aromatic nitrogens is 2. The van der Waals surface area contributed by atoms with Crippen LogP contribution < -0.4 is 15.4 Å². The van der Waals surface area contributed by atoms with Crippen molar-refractivity contribution >= 4 is 6.03 Å². The first-order valence-electron chi connectivity index (χ1n) is 8.95. The molecule has 134 valence electrons. The smallest absolute Gasteiger partial charge is 0.315 e. The van der Waals surface area contributed by atoms with Crippen molar-refractivity contribution in [3.63, 3.8) is 0 Å². The number of imidazole rings is 1. The van der Waals surface area contributed by atoms with E-state index in [-0.39, 0.29) is 12.1 Å². The fourth-order valence-corrected chi connectivity index (χ4v) is 3.10. The molecule has 2 amide bonds. The van der Waals surface area contributed by atoms with Gasteiger partial charge < -0.3 is 19.9 Å². The summed E-state index contributed by atoms with van der Waals surface area (Å²) in [7, 11) is 0. The number of carbonyl (C=O) groups is 1. The molecule has 25 heavy (non-hydrogen) atoms. The highest BCUT2D eigenvalue weighted by Crippen LogP contribution is 2.24. The summed E-state index contributed by atoms with van der Waals surface area (Å²) >= 11 is 0. The molecule has 1 fully saturated rings. The minimum Gasteiger partial charge on any atom is -0.490 e. The first-order chi connectivity index (χ1) is 12.2. The number of hydrogen-bond acceptors (Lipinski definition) is 3. The van der Waals surface area contributed by atoms with Crippen LogP contribution in [0.4, 0.5) is 4.79 Å². The van der Waals surface area contributed by atoms with E-state index in [0.717, 1.165) is 24.2 Å². The van der Waals surface area contributed by atoms with Gasteiger partial charge >= 0.3 is 6.03 Å². The van der Waals surface area contributed by atoms with Gasteiger partial charge in [0.15, 0.2) is 0 Å². The van der Waals surface area contributed by atoms with Crippen LogP contribution in [0.15, 0.2) is 43.0 Å². The molecular formula is C19H26N4O2. The molecular weight excluding hydrogens is 316 g/mol. The Kier molecular flexibility index (Phi) is 5.93. The van der Waals surface area contributed by atoms with E-state index in [1.807, 2.05) is 42.0 Å². The van der Waals surface area contributed by atoms with Crippen molar-refractivity contribution in [3.8, 4) is 5.75 Å². The summed E-state index contributed by atoms with van der Waals surface area (Å²) in [4.78, 5) is 16.0. The van der Waals surface area contributed by atoms with Crippen LogP contribution in [0.3, 0.4) is 0 Å². The van der Waals surface area contributed by atoms with Gasteiger partial charge in [-0.15, -0.1) is 0 Å². The zero-order valence-corrected chi connectivity index (χ0v) is 14.6. The number of carbonyl (C=O) groups excluding carboxylic acids is 1. The first-order valence-corrected chi connectivity index (χ1v) is 8.95. The molecule has 0 saturated heterocycles. The molecule has 2 N–H and O–H groups in total. The first kappa shape index (κ1) is 17.3. The van der Waals surface area contributed by atoms with Crippen LogP contribution in [0.2, 0.25) is 0 Å². The van der Waals surface area contributed by atoms with Gasteiger partial charge in [0.25, 0.3) is 0 Å². The fourth-order valence-electron chi connectivity index (χ4n) is 3.10. The maximum atomic E-state index is 12.0. The summed E-state index contributed by atoms with van der Waals surface area (Å²) in [6.45, 7) is 3.16. The van der Waals surface area contributed by atoms with Crippen LogP contribution in [0, 0.1) is 0 Å². The van der Waals surface area contributed by atoms with Gasteiger partial charge in [-0.2, -0.15) is 0 Å². The molecule has 1 atom stereocenters. The second-order valence-corrected chi connectivity index (χ2v) is 6.66. The van der Waals surface area contributed by atoms with E-state index in [9.17, 15) is 4.79 Å². The van der Waals surface area contributed by atoms with E-state index >= 15 is 0 Å². The molecule has 1 saturated carbocycles. The van der Waals surface area contributed by atoms with Gasteiger partial charge in [0.2, 0.25) is 0 Å². The average molecular weight is 342 g/mol. The van der Waals surface area contributed by atoms with E-state index in [0.29, 0.717) is 19.2 Å². The summed E-state index contributed by atoms with van der Waals surface area (Å²) in [6.07, 6.45) is 10.6. The molecule has 6 nitrogen and oxygen atoms in total. The Balaban J connectivity index is 1.39. The molecule has 1 aromatic carbocycles. The second-order valence-electron chi connectivity index (χ2n) is 6.66. The lowest BCUT2D eigenvalue weighted by atomic mass is 10.2. The lowest BCUT2D eigenvalue weighted by Crippen LogP contribution is -2.42. The third kappa shape index (κ3) is 5.52. The van der Waals surface area contributed by atoms with Gasteiger partial charge in [-0.3, -0.25) is 0 Å². The molecule has 1 heterocycles. The van der Waals surface area contributed by atoms with Gasteiger partial charge in [0.05, 0.1) is 12.4 Å². The Morgan fingerprint density at radius 2 is 2.08 bits per heavy atom. The zero-order chi connectivity index (χ0) is 17.5. The number of amides is 2. The number of urea groups is 1. The van der Waals surface area contributed by atoms with Crippen LogP contribution in [-0.2, 0) is 13.1 Å². The standard InChI is InChI=1S/C19H26N4O2/c1-15(13-23-11-10-20-14-23)22-19(24)21-12-16-6-8-18(9-7-16)25-17-4-2-3-5-17/h6-11,14-15,17H,2-5,12-13H2,1H3,(H2,21,22,24)/t15-/m0/s1. The second kappa shape index (κ2) is 8.55. The monoisotopic (exact) mass is 342 g/mol. The Morgan fingerprint density at radius 1 is 1.32 bits per heavy atom. The molecule has 2 aromatic rings.